The van der Waals surface area contributed by atoms with Gasteiger partial charge in [-0.05, 0) is 44.9 Å². The first-order valence-electron chi connectivity index (χ1n) is 12.6. The second-order valence-corrected chi connectivity index (χ2v) is 12.5. The van der Waals surface area contributed by atoms with Crippen LogP contribution in [0.15, 0.2) is 0 Å². The SMILES string of the molecule is CC1(C)CC[C@@H](C[C@@H](C#N)NC(=O)[C@H](CC2(C)CC2(F)F)NC(=O)[C@@H](NC(=O)C(F)(F)F)C(C)(C)C)C(=O)N1. The Morgan fingerprint density at radius 1 is 1.08 bits per heavy atom. The van der Waals surface area contributed by atoms with Gasteiger partial charge in [0.1, 0.15) is 18.1 Å². The Morgan fingerprint density at radius 2 is 1.64 bits per heavy atom. The third kappa shape index (κ3) is 8.25. The summed E-state index contributed by atoms with van der Waals surface area (Å²) in [5, 5.41) is 18.6. The molecule has 220 valence electrons. The van der Waals surface area contributed by atoms with Gasteiger partial charge >= 0.3 is 12.1 Å². The normalized spacial score (nSPS) is 26.2. The standard InChI is InChI=1S/C25H36F5N5O4/c1-21(2,3)16(34-20(39)25(28,29)30)19(38)33-15(10-23(6)12-24(23,26)27)18(37)32-14(11-31)9-13-7-8-22(4,5)35-17(13)36/h13-16H,7-10,12H2,1-6H3,(H,32,37)(H,33,38)(H,34,39)(H,35,36)/t13-,14-,15-,16+,23?/m0/s1. The summed E-state index contributed by atoms with van der Waals surface area (Å²) in [6.45, 7) is 9.01. The Labute approximate surface area is 224 Å². The molecule has 14 heteroatoms. The second-order valence-electron chi connectivity index (χ2n) is 12.5. The number of rotatable bonds is 9. The van der Waals surface area contributed by atoms with Gasteiger partial charge in [-0.2, -0.15) is 18.4 Å². The maximum Gasteiger partial charge on any atom is 0.471 e. The lowest BCUT2D eigenvalue weighted by Gasteiger charge is -2.36. The van der Waals surface area contributed by atoms with Crippen LogP contribution in [-0.4, -0.2) is 59.4 Å². The topological polar surface area (TPSA) is 140 Å². The summed E-state index contributed by atoms with van der Waals surface area (Å²) in [7, 11) is 0. The van der Waals surface area contributed by atoms with E-state index in [1.54, 1.807) is 5.32 Å². The van der Waals surface area contributed by atoms with Crippen molar-refractivity contribution in [3.05, 3.63) is 0 Å². The minimum absolute atomic E-state index is 0.0650. The van der Waals surface area contributed by atoms with Gasteiger partial charge in [0.05, 0.1) is 6.07 Å². The fourth-order valence-corrected chi connectivity index (χ4v) is 4.56. The van der Waals surface area contributed by atoms with Gasteiger partial charge in [-0.1, -0.05) is 27.7 Å². The molecule has 2 aliphatic rings. The zero-order chi connectivity index (χ0) is 30.2. The maximum atomic E-state index is 14.0. The molecule has 1 unspecified atom stereocenters. The Balaban J connectivity index is 2.22. The van der Waals surface area contributed by atoms with Crippen molar-refractivity contribution in [3.63, 3.8) is 0 Å². The quantitative estimate of drug-likeness (QED) is 0.318. The van der Waals surface area contributed by atoms with Crippen molar-refractivity contribution in [1.29, 1.82) is 5.26 Å². The Morgan fingerprint density at radius 3 is 2.08 bits per heavy atom. The van der Waals surface area contributed by atoms with E-state index in [0.29, 0.717) is 12.8 Å². The van der Waals surface area contributed by atoms with E-state index < -0.39 is 83.1 Å². The number of nitrogens with one attached hydrogen (secondary N) is 4. The van der Waals surface area contributed by atoms with Crippen LogP contribution in [0.5, 0.6) is 0 Å². The molecule has 1 heterocycles. The van der Waals surface area contributed by atoms with Crippen molar-refractivity contribution >= 4 is 23.6 Å². The van der Waals surface area contributed by atoms with Crippen molar-refractivity contribution in [2.45, 2.75) is 109 Å². The highest BCUT2D eigenvalue weighted by molar-refractivity contribution is 5.93. The first-order valence-corrected chi connectivity index (χ1v) is 12.6. The van der Waals surface area contributed by atoms with Gasteiger partial charge < -0.3 is 21.3 Å². The number of amides is 4. The molecule has 0 aromatic rings. The van der Waals surface area contributed by atoms with E-state index in [9.17, 15) is 46.4 Å². The van der Waals surface area contributed by atoms with Gasteiger partial charge in [-0.25, -0.2) is 8.78 Å². The zero-order valence-electron chi connectivity index (χ0n) is 22.8. The van der Waals surface area contributed by atoms with Crippen LogP contribution in [0.2, 0.25) is 0 Å². The fraction of sp³-hybridized carbons (Fsp3) is 0.800. The highest BCUT2D eigenvalue weighted by Crippen LogP contribution is 2.62. The largest absolute Gasteiger partial charge is 0.471 e. The summed E-state index contributed by atoms with van der Waals surface area (Å²) in [6, 6.07) is -2.77. The molecule has 0 bridgehead atoms. The molecule has 1 saturated carbocycles. The summed E-state index contributed by atoms with van der Waals surface area (Å²) in [6.07, 6.45) is -5.43. The molecule has 4 N–H and O–H groups in total. The zero-order valence-corrected chi connectivity index (χ0v) is 22.8. The first kappa shape index (κ1) is 32.2. The van der Waals surface area contributed by atoms with E-state index in [1.165, 1.54) is 27.7 Å². The average Bonchev–Trinajstić information content (AvgIpc) is 3.26. The third-order valence-corrected chi connectivity index (χ3v) is 7.26. The molecule has 9 nitrogen and oxygen atoms in total. The summed E-state index contributed by atoms with van der Waals surface area (Å²) < 4.78 is 66.6. The van der Waals surface area contributed by atoms with Crippen LogP contribution in [0, 0.1) is 28.1 Å². The van der Waals surface area contributed by atoms with E-state index >= 15 is 0 Å². The Kier molecular flexibility index (Phi) is 9.00. The van der Waals surface area contributed by atoms with E-state index in [1.807, 2.05) is 19.9 Å². The monoisotopic (exact) mass is 565 g/mol. The lowest BCUT2D eigenvalue weighted by molar-refractivity contribution is -0.175. The van der Waals surface area contributed by atoms with Crippen LogP contribution >= 0.6 is 0 Å². The number of halogens is 5. The van der Waals surface area contributed by atoms with Crippen molar-refractivity contribution in [3.8, 4) is 6.07 Å². The lowest BCUT2D eigenvalue weighted by atomic mass is 9.83. The molecular weight excluding hydrogens is 529 g/mol. The molecule has 5 atom stereocenters. The minimum Gasteiger partial charge on any atom is -0.351 e. The molecule has 2 fully saturated rings. The number of carbonyl (C=O) groups is 4. The lowest BCUT2D eigenvalue weighted by Crippen LogP contribution is -2.60. The maximum absolute atomic E-state index is 14.0. The summed E-state index contributed by atoms with van der Waals surface area (Å²) in [5.74, 6) is -8.60. The highest BCUT2D eigenvalue weighted by atomic mass is 19.4. The van der Waals surface area contributed by atoms with Crippen LogP contribution in [0.4, 0.5) is 22.0 Å². The molecule has 0 spiro atoms. The molecular formula is C25H36F5N5O4. The summed E-state index contributed by atoms with van der Waals surface area (Å²) in [4.78, 5) is 50.2. The molecule has 0 radical (unpaired) electrons. The van der Waals surface area contributed by atoms with E-state index in [-0.39, 0.29) is 12.3 Å². The fourth-order valence-electron chi connectivity index (χ4n) is 4.56. The van der Waals surface area contributed by atoms with Crippen LogP contribution in [0.1, 0.15) is 73.6 Å². The van der Waals surface area contributed by atoms with Gasteiger partial charge in [0.25, 0.3) is 5.92 Å². The number of nitriles is 1. The first-order chi connectivity index (χ1) is 17.5. The van der Waals surface area contributed by atoms with Gasteiger partial charge in [-0.15, -0.1) is 0 Å². The van der Waals surface area contributed by atoms with Crippen molar-refractivity contribution < 1.29 is 41.1 Å². The molecule has 1 saturated heterocycles. The van der Waals surface area contributed by atoms with E-state index in [2.05, 4.69) is 16.0 Å². The summed E-state index contributed by atoms with van der Waals surface area (Å²) in [5.41, 5.74) is -3.35. The van der Waals surface area contributed by atoms with Crippen LogP contribution < -0.4 is 21.3 Å². The van der Waals surface area contributed by atoms with Crippen molar-refractivity contribution in [2.75, 3.05) is 0 Å². The third-order valence-electron chi connectivity index (χ3n) is 7.26. The number of nitrogens with zero attached hydrogens (tertiary/aromatic N) is 1. The van der Waals surface area contributed by atoms with Crippen LogP contribution in [-0.2, 0) is 19.2 Å². The molecule has 39 heavy (non-hydrogen) atoms. The van der Waals surface area contributed by atoms with Crippen LogP contribution in [0.3, 0.4) is 0 Å². The number of hydrogen-bond acceptors (Lipinski definition) is 5. The Bertz CT molecular complexity index is 1030. The van der Waals surface area contributed by atoms with Crippen LogP contribution in [0.25, 0.3) is 0 Å². The average molecular weight is 566 g/mol. The Hall–Kier alpha value is -2.98. The molecule has 4 amide bonds. The molecule has 1 aliphatic carbocycles. The molecule has 0 aromatic heterocycles. The minimum atomic E-state index is -5.29. The van der Waals surface area contributed by atoms with Gasteiger partial charge in [0.2, 0.25) is 17.7 Å². The van der Waals surface area contributed by atoms with E-state index in [4.69, 9.17) is 0 Å². The highest BCUT2D eigenvalue weighted by Gasteiger charge is 2.68. The van der Waals surface area contributed by atoms with Gasteiger partial charge in [0, 0.05) is 23.3 Å². The van der Waals surface area contributed by atoms with Gasteiger partial charge in [-0.3, -0.25) is 19.2 Å². The molecule has 1 aliphatic heterocycles. The second kappa shape index (κ2) is 10.9. The van der Waals surface area contributed by atoms with E-state index in [0.717, 1.165) is 0 Å². The number of carbonyl (C=O) groups excluding carboxylic acids is 4. The van der Waals surface area contributed by atoms with Crippen molar-refractivity contribution in [1.82, 2.24) is 21.3 Å². The summed E-state index contributed by atoms with van der Waals surface area (Å²) >= 11 is 0. The smallest absolute Gasteiger partial charge is 0.351 e. The predicted molar refractivity (Wildman–Crippen MR) is 129 cm³/mol. The number of piperidine rings is 1. The molecule has 0 aromatic carbocycles. The predicted octanol–water partition coefficient (Wildman–Crippen LogP) is 2.70. The number of hydrogen-bond donors (Lipinski definition) is 4. The van der Waals surface area contributed by atoms with Gasteiger partial charge in [0.15, 0.2) is 0 Å². The number of alkyl halides is 5. The molecule has 2 rings (SSSR count). The van der Waals surface area contributed by atoms with Crippen molar-refractivity contribution in [2.24, 2.45) is 16.7 Å².